The summed E-state index contributed by atoms with van der Waals surface area (Å²) in [6, 6.07) is 8.26. The minimum absolute atomic E-state index is 0.524. The van der Waals surface area contributed by atoms with Crippen LogP contribution in [0.1, 0.15) is 11.3 Å². The summed E-state index contributed by atoms with van der Waals surface area (Å²) < 4.78 is 0. The van der Waals surface area contributed by atoms with Crippen molar-refractivity contribution >= 4 is 17.3 Å². The average molecular weight is 336 g/mol. The van der Waals surface area contributed by atoms with E-state index in [1.54, 1.807) is 23.7 Å². The topological polar surface area (TPSA) is 80.3 Å². The molecule has 0 fully saturated rings. The molecule has 0 saturated heterocycles. The lowest BCUT2D eigenvalue weighted by Crippen LogP contribution is -2.35. The first kappa shape index (κ1) is 14.8. The van der Waals surface area contributed by atoms with Crippen LogP contribution < -0.4 is 5.73 Å². The Hall–Kier alpha value is -2.80. The monoisotopic (exact) mass is 336 g/mol. The predicted octanol–water partition coefficient (Wildman–Crippen LogP) is 2.10. The van der Waals surface area contributed by atoms with Gasteiger partial charge in [-0.1, -0.05) is 18.2 Å². The Morgan fingerprint density at radius 1 is 1.21 bits per heavy atom. The number of thiazole rings is 1. The molecule has 1 unspecified atom stereocenters. The maximum atomic E-state index is 6.08. The number of rotatable bonds is 3. The first-order valence-electron chi connectivity index (χ1n) is 7.50. The van der Waals surface area contributed by atoms with Crippen molar-refractivity contribution in [3.63, 3.8) is 0 Å². The summed E-state index contributed by atoms with van der Waals surface area (Å²) in [5.41, 5.74) is 11.3. The second kappa shape index (κ2) is 5.68. The summed E-state index contributed by atoms with van der Waals surface area (Å²) in [5.74, 6) is 0.524. The molecule has 24 heavy (non-hydrogen) atoms. The van der Waals surface area contributed by atoms with Crippen LogP contribution in [0.25, 0.3) is 11.1 Å². The van der Waals surface area contributed by atoms with Crippen LogP contribution in [-0.4, -0.2) is 39.4 Å². The maximum absolute atomic E-state index is 6.08. The van der Waals surface area contributed by atoms with Crippen LogP contribution in [0.15, 0.2) is 58.9 Å². The van der Waals surface area contributed by atoms with Gasteiger partial charge in [0, 0.05) is 30.4 Å². The number of aromatic nitrogens is 3. The zero-order valence-electron chi connectivity index (χ0n) is 13.1. The van der Waals surface area contributed by atoms with E-state index in [4.69, 9.17) is 10.7 Å². The van der Waals surface area contributed by atoms with Crippen molar-refractivity contribution in [2.75, 3.05) is 13.6 Å². The van der Waals surface area contributed by atoms with E-state index >= 15 is 0 Å². The van der Waals surface area contributed by atoms with Crippen LogP contribution in [0.3, 0.4) is 0 Å². The van der Waals surface area contributed by atoms with E-state index in [0.717, 1.165) is 22.4 Å². The first-order valence-corrected chi connectivity index (χ1v) is 8.44. The Balaban J connectivity index is 1.87. The van der Waals surface area contributed by atoms with Crippen LogP contribution in [-0.2, 0) is 5.54 Å². The number of nitrogens with zero attached hydrogens (tertiary/aromatic N) is 5. The van der Waals surface area contributed by atoms with Crippen LogP contribution in [0.2, 0.25) is 0 Å². The molecule has 1 aliphatic heterocycles. The standard InChI is InChI=1S/C17H16N6S/c1-23-9-17(22-16(23)18,15-8-24-11-21-15)14-4-2-3-12(5-14)13-6-19-10-20-7-13/h2-8,10-11H,9H2,1H3,(H2,18,22). The molecule has 0 spiro atoms. The molecule has 1 aliphatic rings. The Bertz CT molecular complexity index is 877. The highest BCUT2D eigenvalue weighted by Crippen LogP contribution is 2.39. The van der Waals surface area contributed by atoms with E-state index in [1.165, 1.54) is 6.33 Å². The van der Waals surface area contributed by atoms with E-state index in [9.17, 15) is 0 Å². The molecule has 1 aromatic carbocycles. The Kier molecular flexibility index (Phi) is 3.50. The third-order valence-corrected chi connectivity index (χ3v) is 4.84. The molecule has 0 aliphatic carbocycles. The van der Waals surface area contributed by atoms with Gasteiger partial charge in [-0.15, -0.1) is 11.3 Å². The summed E-state index contributed by atoms with van der Waals surface area (Å²) in [4.78, 5) is 19.5. The van der Waals surface area contributed by atoms with Gasteiger partial charge in [-0.2, -0.15) is 0 Å². The number of guanidine groups is 1. The summed E-state index contributed by atoms with van der Waals surface area (Å²) in [7, 11) is 1.95. The SMILES string of the molecule is CN1CC(c2cccc(-c3cncnc3)c2)(c2cscn2)N=C1N. The highest BCUT2D eigenvalue weighted by molar-refractivity contribution is 7.07. The largest absolute Gasteiger partial charge is 0.370 e. The molecule has 4 rings (SSSR count). The molecule has 0 amide bonds. The molecule has 1 atom stereocenters. The van der Waals surface area contributed by atoms with Gasteiger partial charge in [0.25, 0.3) is 0 Å². The minimum atomic E-state index is -0.579. The van der Waals surface area contributed by atoms with Crippen molar-refractivity contribution in [1.29, 1.82) is 0 Å². The van der Waals surface area contributed by atoms with Crippen molar-refractivity contribution in [2.45, 2.75) is 5.54 Å². The van der Waals surface area contributed by atoms with Crippen molar-refractivity contribution < 1.29 is 0 Å². The molecule has 2 N–H and O–H groups in total. The Morgan fingerprint density at radius 2 is 2.04 bits per heavy atom. The summed E-state index contributed by atoms with van der Waals surface area (Å²) in [6.45, 7) is 0.664. The second-order valence-corrected chi connectivity index (χ2v) is 6.49. The second-order valence-electron chi connectivity index (χ2n) is 5.77. The molecule has 120 valence electrons. The number of hydrogen-bond acceptors (Lipinski definition) is 7. The van der Waals surface area contributed by atoms with Crippen LogP contribution in [0.5, 0.6) is 0 Å². The van der Waals surface area contributed by atoms with Crippen LogP contribution in [0.4, 0.5) is 0 Å². The lowest BCUT2D eigenvalue weighted by molar-refractivity contribution is 0.426. The number of aliphatic imine (C=N–C) groups is 1. The number of benzene rings is 1. The van der Waals surface area contributed by atoms with E-state index < -0.39 is 5.54 Å². The lowest BCUT2D eigenvalue weighted by Gasteiger charge is -2.26. The molecule has 0 radical (unpaired) electrons. The van der Waals surface area contributed by atoms with Gasteiger partial charge in [-0.25, -0.2) is 19.9 Å². The zero-order chi connectivity index (χ0) is 16.6. The molecule has 0 bridgehead atoms. The molecule has 3 aromatic rings. The molecule has 6 nitrogen and oxygen atoms in total. The molecule has 3 heterocycles. The van der Waals surface area contributed by atoms with Gasteiger partial charge in [0.1, 0.15) is 11.9 Å². The summed E-state index contributed by atoms with van der Waals surface area (Å²) >= 11 is 1.56. The van der Waals surface area contributed by atoms with Gasteiger partial charge in [-0.05, 0) is 17.2 Å². The third kappa shape index (κ3) is 2.33. The average Bonchev–Trinajstić information content (AvgIpc) is 3.26. The normalized spacial score (nSPS) is 20.2. The van der Waals surface area contributed by atoms with E-state index in [0.29, 0.717) is 12.5 Å². The van der Waals surface area contributed by atoms with Gasteiger partial charge in [-0.3, -0.25) is 0 Å². The first-order chi connectivity index (χ1) is 11.7. The smallest absolute Gasteiger partial charge is 0.192 e. The number of hydrogen-bond donors (Lipinski definition) is 1. The summed E-state index contributed by atoms with van der Waals surface area (Å²) in [5, 5.41) is 2.04. The minimum Gasteiger partial charge on any atom is -0.370 e. The van der Waals surface area contributed by atoms with Gasteiger partial charge in [0.05, 0.1) is 17.7 Å². The fourth-order valence-electron chi connectivity index (χ4n) is 3.00. The number of likely N-dealkylation sites (N-methyl/N-ethyl adjacent to an activating group) is 1. The molecular formula is C17H16N6S. The van der Waals surface area contributed by atoms with Gasteiger partial charge < -0.3 is 10.6 Å². The zero-order valence-corrected chi connectivity index (χ0v) is 13.9. The maximum Gasteiger partial charge on any atom is 0.192 e. The highest BCUT2D eigenvalue weighted by Gasteiger charge is 2.42. The lowest BCUT2D eigenvalue weighted by atomic mass is 9.86. The predicted molar refractivity (Wildman–Crippen MR) is 94.6 cm³/mol. The molecule has 0 saturated carbocycles. The Morgan fingerprint density at radius 3 is 2.71 bits per heavy atom. The number of nitrogens with two attached hydrogens (primary N) is 1. The highest BCUT2D eigenvalue weighted by atomic mass is 32.1. The molecular weight excluding hydrogens is 320 g/mol. The van der Waals surface area contributed by atoms with Crippen molar-refractivity contribution in [1.82, 2.24) is 19.9 Å². The van der Waals surface area contributed by atoms with Gasteiger partial charge >= 0.3 is 0 Å². The van der Waals surface area contributed by atoms with E-state index in [2.05, 4.69) is 27.1 Å². The van der Waals surface area contributed by atoms with E-state index in [1.807, 2.05) is 35.0 Å². The van der Waals surface area contributed by atoms with Crippen molar-refractivity contribution in [2.24, 2.45) is 10.7 Å². The molecule has 2 aromatic heterocycles. The quantitative estimate of drug-likeness (QED) is 0.792. The van der Waals surface area contributed by atoms with E-state index in [-0.39, 0.29) is 0 Å². The van der Waals surface area contributed by atoms with Crippen LogP contribution in [0, 0.1) is 0 Å². The van der Waals surface area contributed by atoms with Gasteiger partial charge in [0.15, 0.2) is 5.96 Å². The van der Waals surface area contributed by atoms with Crippen molar-refractivity contribution in [3.05, 3.63) is 65.1 Å². The molecule has 7 heteroatoms. The fraction of sp³-hybridized carbons (Fsp3) is 0.176. The fourth-order valence-corrected chi connectivity index (χ4v) is 3.62. The van der Waals surface area contributed by atoms with Crippen molar-refractivity contribution in [3.8, 4) is 11.1 Å². The van der Waals surface area contributed by atoms with Gasteiger partial charge in [0.2, 0.25) is 0 Å². The Labute approximate surface area is 143 Å². The summed E-state index contributed by atoms with van der Waals surface area (Å²) in [6.07, 6.45) is 5.14. The third-order valence-electron chi connectivity index (χ3n) is 4.25. The van der Waals surface area contributed by atoms with Crippen LogP contribution >= 0.6 is 11.3 Å².